The second-order valence-electron chi connectivity index (χ2n) is 6.31. The van der Waals surface area contributed by atoms with E-state index in [0.717, 1.165) is 24.3 Å². The molecule has 0 aliphatic carbocycles. The lowest BCUT2D eigenvalue weighted by atomic mass is 10.00. The SMILES string of the molecule is CCCCC[C@H](CN(O)C=O)C(=O)N(N)c1ncnc(N2CCOCC2)n1. The number of anilines is 2. The predicted octanol–water partition coefficient (Wildman–Crippen LogP) is -0.0410. The minimum atomic E-state index is -0.652. The number of amides is 2. The molecule has 1 aliphatic rings. The summed E-state index contributed by atoms with van der Waals surface area (Å²) in [7, 11) is 0. The zero-order chi connectivity index (χ0) is 19.6. The van der Waals surface area contributed by atoms with Crippen molar-refractivity contribution in [3.63, 3.8) is 0 Å². The van der Waals surface area contributed by atoms with Gasteiger partial charge < -0.3 is 9.64 Å². The van der Waals surface area contributed by atoms with Crippen LogP contribution in [0.2, 0.25) is 0 Å². The molecule has 0 spiro atoms. The maximum atomic E-state index is 12.8. The number of carbonyl (C=O) groups is 2. The van der Waals surface area contributed by atoms with Gasteiger partial charge >= 0.3 is 0 Å². The fraction of sp³-hybridized carbons (Fsp3) is 0.688. The number of unbranched alkanes of at least 4 members (excludes halogenated alkanes) is 2. The van der Waals surface area contributed by atoms with Crippen LogP contribution >= 0.6 is 0 Å². The molecule has 2 heterocycles. The predicted molar refractivity (Wildman–Crippen MR) is 96.7 cm³/mol. The minimum absolute atomic E-state index is 0.0209. The summed E-state index contributed by atoms with van der Waals surface area (Å²) in [5, 5.41) is 10.8. The van der Waals surface area contributed by atoms with Crippen LogP contribution in [0.4, 0.5) is 11.9 Å². The largest absolute Gasteiger partial charge is 0.378 e. The van der Waals surface area contributed by atoms with Crippen LogP contribution in [-0.2, 0) is 14.3 Å². The van der Waals surface area contributed by atoms with Gasteiger partial charge in [-0.2, -0.15) is 9.97 Å². The van der Waals surface area contributed by atoms with Crippen molar-refractivity contribution in [2.24, 2.45) is 11.8 Å². The summed E-state index contributed by atoms with van der Waals surface area (Å²) < 4.78 is 5.30. The monoisotopic (exact) mass is 381 g/mol. The van der Waals surface area contributed by atoms with Crippen molar-refractivity contribution >= 4 is 24.2 Å². The van der Waals surface area contributed by atoms with Crippen molar-refractivity contribution in [2.75, 3.05) is 42.8 Å². The zero-order valence-electron chi connectivity index (χ0n) is 15.5. The van der Waals surface area contributed by atoms with Gasteiger partial charge in [0.15, 0.2) is 0 Å². The van der Waals surface area contributed by atoms with Crippen molar-refractivity contribution in [2.45, 2.75) is 32.6 Å². The fourth-order valence-corrected chi connectivity index (χ4v) is 2.81. The number of hydroxylamine groups is 2. The van der Waals surface area contributed by atoms with E-state index in [1.54, 1.807) is 0 Å². The molecule has 0 unspecified atom stereocenters. The molecule has 0 saturated carbocycles. The number of morpholine rings is 1. The highest BCUT2D eigenvalue weighted by Crippen LogP contribution is 2.17. The second kappa shape index (κ2) is 10.7. The van der Waals surface area contributed by atoms with Crippen LogP contribution in [0.1, 0.15) is 32.6 Å². The van der Waals surface area contributed by atoms with Gasteiger partial charge in [-0.1, -0.05) is 26.2 Å². The van der Waals surface area contributed by atoms with Crippen molar-refractivity contribution in [3.8, 4) is 0 Å². The van der Waals surface area contributed by atoms with Gasteiger partial charge in [0.1, 0.15) is 6.33 Å². The van der Waals surface area contributed by atoms with Gasteiger partial charge in [-0.05, 0) is 6.42 Å². The quantitative estimate of drug-likeness (QED) is 0.143. The lowest BCUT2D eigenvalue weighted by Gasteiger charge is -2.27. The van der Waals surface area contributed by atoms with E-state index < -0.39 is 11.8 Å². The van der Waals surface area contributed by atoms with Gasteiger partial charge in [-0.25, -0.2) is 20.9 Å². The van der Waals surface area contributed by atoms with Crippen LogP contribution in [0.15, 0.2) is 6.33 Å². The number of nitrogens with two attached hydrogens (primary N) is 1. The summed E-state index contributed by atoms with van der Waals surface area (Å²) in [5.41, 5.74) is 0. The number of hydrogen-bond acceptors (Lipinski definition) is 9. The van der Waals surface area contributed by atoms with E-state index >= 15 is 0 Å². The van der Waals surface area contributed by atoms with E-state index in [-0.39, 0.29) is 18.9 Å². The number of hydrazine groups is 1. The molecule has 2 rings (SSSR count). The Labute approximate surface area is 158 Å². The molecule has 0 aromatic carbocycles. The van der Waals surface area contributed by atoms with Crippen LogP contribution in [0.25, 0.3) is 0 Å². The molecule has 11 heteroatoms. The van der Waals surface area contributed by atoms with Crippen LogP contribution in [0.5, 0.6) is 0 Å². The Bertz CT molecular complexity index is 612. The van der Waals surface area contributed by atoms with Crippen molar-refractivity contribution in [3.05, 3.63) is 6.33 Å². The summed E-state index contributed by atoms with van der Waals surface area (Å²) in [6, 6.07) is 0. The highest BCUT2D eigenvalue weighted by Gasteiger charge is 2.27. The van der Waals surface area contributed by atoms with Gasteiger partial charge in [0.05, 0.1) is 25.7 Å². The van der Waals surface area contributed by atoms with E-state index in [2.05, 4.69) is 15.0 Å². The van der Waals surface area contributed by atoms with Gasteiger partial charge in [0, 0.05) is 13.1 Å². The van der Waals surface area contributed by atoms with Crippen molar-refractivity contribution < 1.29 is 19.5 Å². The highest BCUT2D eigenvalue weighted by atomic mass is 16.5. The Morgan fingerprint density at radius 3 is 2.81 bits per heavy atom. The maximum Gasteiger partial charge on any atom is 0.251 e. The zero-order valence-corrected chi connectivity index (χ0v) is 15.5. The topological polar surface area (TPSA) is 138 Å². The summed E-state index contributed by atoms with van der Waals surface area (Å²) in [6.45, 7) is 4.34. The van der Waals surface area contributed by atoms with Gasteiger partial charge in [0.25, 0.3) is 5.95 Å². The maximum absolute atomic E-state index is 12.8. The lowest BCUT2D eigenvalue weighted by molar-refractivity contribution is -0.154. The standard InChI is InChI=1S/C16H27N7O4/c1-2-3-4-5-13(10-22(26)12-24)14(25)23(17)16-19-11-18-15(20-16)21-6-8-27-9-7-21/h11-13,26H,2-10,17H2,1H3/t13-/m1/s1. The van der Waals surface area contributed by atoms with E-state index in [9.17, 15) is 14.8 Å². The molecule has 1 aliphatic heterocycles. The first kappa shape index (κ1) is 20.9. The average Bonchev–Trinajstić information content (AvgIpc) is 2.72. The Hall–Kier alpha value is -2.37. The molecule has 0 bridgehead atoms. The normalized spacial score (nSPS) is 15.3. The Balaban J connectivity index is 2.10. The summed E-state index contributed by atoms with van der Waals surface area (Å²) >= 11 is 0. The molecule has 1 atom stereocenters. The molecule has 1 saturated heterocycles. The van der Waals surface area contributed by atoms with Crippen molar-refractivity contribution in [1.29, 1.82) is 0 Å². The Morgan fingerprint density at radius 1 is 1.41 bits per heavy atom. The number of rotatable bonds is 10. The summed E-state index contributed by atoms with van der Waals surface area (Å²) in [4.78, 5) is 37.8. The van der Waals surface area contributed by atoms with Crippen LogP contribution in [0.3, 0.4) is 0 Å². The number of ether oxygens (including phenoxy) is 1. The van der Waals surface area contributed by atoms with Crippen molar-refractivity contribution in [1.82, 2.24) is 20.0 Å². The van der Waals surface area contributed by atoms with Gasteiger partial charge in [-0.3, -0.25) is 14.8 Å². The van der Waals surface area contributed by atoms with E-state index in [1.165, 1.54) is 6.33 Å². The van der Waals surface area contributed by atoms with Crippen LogP contribution in [0, 0.1) is 5.92 Å². The molecule has 0 radical (unpaired) electrons. The third kappa shape index (κ3) is 6.08. The second-order valence-corrected chi connectivity index (χ2v) is 6.31. The first-order chi connectivity index (χ1) is 13.1. The molecule has 1 aromatic rings. The molecule has 27 heavy (non-hydrogen) atoms. The van der Waals surface area contributed by atoms with Gasteiger partial charge in [-0.15, -0.1) is 0 Å². The smallest absolute Gasteiger partial charge is 0.251 e. The van der Waals surface area contributed by atoms with Gasteiger partial charge in [0.2, 0.25) is 18.3 Å². The number of aromatic nitrogens is 3. The Morgan fingerprint density at radius 2 is 2.15 bits per heavy atom. The molecular weight excluding hydrogens is 354 g/mol. The minimum Gasteiger partial charge on any atom is -0.378 e. The third-order valence-corrected chi connectivity index (χ3v) is 4.33. The molecular formula is C16H27N7O4. The molecule has 2 amide bonds. The molecule has 1 fully saturated rings. The summed E-state index contributed by atoms with van der Waals surface area (Å²) in [6.07, 6.45) is 4.76. The third-order valence-electron chi connectivity index (χ3n) is 4.33. The number of hydrogen-bond donors (Lipinski definition) is 2. The first-order valence-electron chi connectivity index (χ1n) is 9.08. The molecule has 1 aromatic heterocycles. The fourth-order valence-electron chi connectivity index (χ4n) is 2.81. The molecule has 11 nitrogen and oxygen atoms in total. The average molecular weight is 381 g/mol. The van der Waals surface area contributed by atoms with Crippen LogP contribution in [-0.4, -0.2) is 70.4 Å². The lowest BCUT2D eigenvalue weighted by Crippen LogP contribution is -2.46. The molecule has 3 N–H and O–H groups in total. The summed E-state index contributed by atoms with van der Waals surface area (Å²) in [5.74, 6) is 5.28. The highest BCUT2D eigenvalue weighted by molar-refractivity contribution is 5.92. The van der Waals surface area contributed by atoms with E-state index in [1.807, 2.05) is 11.8 Å². The van der Waals surface area contributed by atoms with E-state index in [0.29, 0.717) is 43.7 Å². The number of carbonyl (C=O) groups excluding carboxylic acids is 2. The molecule has 150 valence electrons. The Kier molecular flexibility index (Phi) is 8.30. The van der Waals surface area contributed by atoms with Crippen LogP contribution < -0.4 is 15.8 Å². The van der Waals surface area contributed by atoms with E-state index in [4.69, 9.17) is 10.6 Å². The first-order valence-corrected chi connectivity index (χ1v) is 9.08. The number of nitrogens with zero attached hydrogens (tertiary/aromatic N) is 6.